The van der Waals surface area contributed by atoms with Crippen molar-refractivity contribution >= 4 is 11.6 Å². The zero-order valence-corrected chi connectivity index (χ0v) is 15.1. The van der Waals surface area contributed by atoms with Crippen LogP contribution in [0.15, 0.2) is 72.9 Å². The molecule has 1 unspecified atom stereocenters. The first-order valence-electron chi connectivity index (χ1n) is 8.70. The number of carbonyl (C=O) groups excluding carboxylic acids is 1. The Bertz CT molecular complexity index is 824. The smallest absolute Gasteiger partial charge is 0.238 e. The normalized spacial score (nSPS) is 11.8. The molecule has 0 bridgehead atoms. The predicted molar refractivity (Wildman–Crippen MR) is 105 cm³/mol. The summed E-state index contributed by atoms with van der Waals surface area (Å²) < 4.78 is 0. The lowest BCUT2D eigenvalue weighted by Gasteiger charge is -2.19. The van der Waals surface area contributed by atoms with Gasteiger partial charge in [-0.25, -0.2) is 0 Å². The second kappa shape index (κ2) is 8.41. The molecule has 1 heterocycles. The number of aryl methyl sites for hydroxylation is 2. The SMILES string of the molecule is Cc1ccc(C)c(NC(=O)CNC(c2ccccc2)c2ccccn2)c1. The summed E-state index contributed by atoms with van der Waals surface area (Å²) in [5.41, 5.74) is 4.98. The zero-order valence-electron chi connectivity index (χ0n) is 15.1. The highest BCUT2D eigenvalue weighted by Gasteiger charge is 2.16. The molecule has 0 saturated carbocycles. The Hall–Kier alpha value is -2.98. The van der Waals surface area contributed by atoms with Gasteiger partial charge in [-0.3, -0.25) is 15.1 Å². The van der Waals surface area contributed by atoms with Gasteiger partial charge in [0.1, 0.15) is 0 Å². The van der Waals surface area contributed by atoms with E-state index in [1.807, 2.05) is 80.6 Å². The molecule has 26 heavy (non-hydrogen) atoms. The van der Waals surface area contributed by atoms with E-state index in [-0.39, 0.29) is 18.5 Å². The van der Waals surface area contributed by atoms with E-state index in [9.17, 15) is 4.79 Å². The van der Waals surface area contributed by atoms with Gasteiger partial charge >= 0.3 is 0 Å². The van der Waals surface area contributed by atoms with Gasteiger partial charge in [-0.2, -0.15) is 0 Å². The van der Waals surface area contributed by atoms with E-state index in [2.05, 4.69) is 15.6 Å². The fraction of sp³-hybridized carbons (Fsp3) is 0.182. The van der Waals surface area contributed by atoms with Crippen LogP contribution in [-0.2, 0) is 4.79 Å². The zero-order chi connectivity index (χ0) is 18.4. The molecule has 3 rings (SSSR count). The van der Waals surface area contributed by atoms with Crippen molar-refractivity contribution in [1.82, 2.24) is 10.3 Å². The molecular formula is C22H23N3O. The largest absolute Gasteiger partial charge is 0.325 e. The Labute approximate surface area is 154 Å². The molecule has 0 saturated heterocycles. The van der Waals surface area contributed by atoms with E-state index in [0.29, 0.717) is 0 Å². The van der Waals surface area contributed by atoms with Crippen molar-refractivity contribution < 1.29 is 4.79 Å². The van der Waals surface area contributed by atoms with Crippen molar-refractivity contribution in [3.8, 4) is 0 Å². The van der Waals surface area contributed by atoms with E-state index >= 15 is 0 Å². The second-order valence-corrected chi connectivity index (χ2v) is 6.35. The van der Waals surface area contributed by atoms with E-state index in [0.717, 1.165) is 28.1 Å². The number of aromatic nitrogens is 1. The summed E-state index contributed by atoms with van der Waals surface area (Å²) >= 11 is 0. The third kappa shape index (κ3) is 4.55. The average Bonchev–Trinajstić information content (AvgIpc) is 2.67. The number of hydrogen-bond acceptors (Lipinski definition) is 3. The first-order chi connectivity index (χ1) is 12.6. The first kappa shape index (κ1) is 17.8. The third-order valence-corrected chi connectivity index (χ3v) is 4.25. The first-order valence-corrected chi connectivity index (χ1v) is 8.70. The Kier molecular flexibility index (Phi) is 5.77. The Morgan fingerprint density at radius 3 is 2.50 bits per heavy atom. The van der Waals surface area contributed by atoms with Gasteiger partial charge in [0, 0.05) is 11.9 Å². The molecule has 0 spiro atoms. The van der Waals surface area contributed by atoms with Crippen LogP contribution < -0.4 is 10.6 Å². The highest BCUT2D eigenvalue weighted by atomic mass is 16.1. The molecule has 3 aromatic rings. The third-order valence-electron chi connectivity index (χ3n) is 4.25. The van der Waals surface area contributed by atoms with Crippen LogP contribution in [0.1, 0.15) is 28.4 Å². The summed E-state index contributed by atoms with van der Waals surface area (Å²) in [6.45, 7) is 4.20. The maximum absolute atomic E-state index is 12.4. The van der Waals surface area contributed by atoms with Crippen molar-refractivity contribution in [2.24, 2.45) is 0 Å². The number of hydrogen-bond donors (Lipinski definition) is 2. The van der Waals surface area contributed by atoms with Crippen LogP contribution in [0.2, 0.25) is 0 Å². The number of rotatable bonds is 6. The molecule has 0 aliphatic carbocycles. The Balaban J connectivity index is 1.72. The maximum atomic E-state index is 12.4. The fourth-order valence-electron chi connectivity index (χ4n) is 2.85. The van der Waals surface area contributed by atoms with Crippen molar-refractivity contribution in [3.05, 3.63) is 95.3 Å². The van der Waals surface area contributed by atoms with E-state index in [1.165, 1.54) is 0 Å². The molecule has 1 aromatic heterocycles. The van der Waals surface area contributed by atoms with Crippen LogP contribution >= 0.6 is 0 Å². The van der Waals surface area contributed by atoms with Gasteiger partial charge < -0.3 is 5.32 Å². The Morgan fingerprint density at radius 2 is 1.77 bits per heavy atom. The number of nitrogens with zero attached hydrogens (tertiary/aromatic N) is 1. The van der Waals surface area contributed by atoms with Crippen LogP contribution in [0, 0.1) is 13.8 Å². The van der Waals surface area contributed by atoms with Gasteiger partial charge in [-0.05, 0) is 48.7 Å². The van der Waals surface area contributed by atoms with E-state index < -0.39 is 0 Å². The summed E-state index contributed by atoms with van der Waals surface area (Å²) in [5.74, 6) is -0.0736. The number of benzene rings is 2. The van der Waals surface area contributed by atoms with Gasteiger partial charge in [-0.15, -0.1) is 0 Å². The molecular weight excluding hydrogens is 322 g/mol. The lowest BCUT2D eigenvalue weighted by molar-refractivity contribution is -0.115. The summed E-state index contributed by atoms with van der Waals surface area (Å²) in [4.78, 5) is 16.9. The summed E-state index contributed by atoms with van der Waals surface area (Å²) in [6.07, 6.45) is 1.77. The number of anilines is 1. The molecule has 0 fully saturated rings. The monoisotopic (exact) mass is 345 g/mol. The Morgan fingerprint density at radius 1 is 1.00 bits per heavy atom. The van der Waals surface area contributed by atoms with Crippen LogP contribution in [0.25, 0.3) is 0 Å². The summed E-state index contributed by atoms with van der Waals surface area (Å²) in [6, 6.07) is 21.7. The molecule has 0 aliphatic rings. The quantitative estimate of drug-likeness (QED) is 0.709. The second-order valence-electron chi connectivity index (χ2n) is 6.35. The van der Waals surface area contributed by atoms with E-state index in [4.69, 9.17) is 0 Å². The minimum atomic E-state index is -0.137. The van der Waals surface area contributed by atoms with Crippen LogP contribution in [-0.4, -0.2) is 17.4 Å². The van der Waals surface area contributed by atoms with Crippen LogP contribution in [0.5, 0.6) is 0 Å². The number of pyridine rings is 1. The molecule has 1 atom stereocenters. The predicted octanol–water partition coefficient (Wildman–Crippen LogP) is 4.02. The lowest BCUT2D eigenvalue weighted by atomic mass is 10.0. The minimum Gasteiger partial charge on any atom is -0.325 e. The number of nitrogens with one attached hydrogen (secondary N) is 2. The summed E-state index contributed by atoms with van der Waals surface area (Å²) in [7, 11) is 0. The summed E-state index contributed by atoms with van der Waals surface area (Å²) in [5, 5.41) is 6.32. The van der Waals surface area contributed by atoms with Crippen LogP contribution in [0.3, 0.4) is 0 Å². The molecule has 2 N–H and O–H groups in total. The minimum absolute atomic E-state index is 0.0736. The molecule has 2 aromatic carbocycles. The molecule has 0 radical (unpaired) electrons. The lowest BCUT2D eigenvalue weighted by Crippen LogP contribution is -2.32. The molecule has 0 aliphatic heterocycles. The van der Waals surface area contributed by atoms with Crippen molar-refractivity contribution in [3.63, 3.8) is 0 Å². The van der Waals surface area contributed by atoms with Gasteiger partial charge in [0.05, 0.1) is 18.3 Å². The average molecular weight is 345 g/mol. The van der Waals surface area contributed by atoms with E-state index in [1.54, 1.807) is 6.20 Å². The van der Waals surface area contributed by atoms with Crippen molar-refractivity contribution in [2.45, 2.75) is 19.9 Å². The van der Waals surface area contributed by atoms with Gasteiger partial charge in [-0.1, -0.05) is 48.5 Å². The molecule has 4 nitrogen and oxygen atoms in total. The standard InChI is InChI=1S/C22H23N3O/c1-16-11-12-17(2)20(14-16)25-21(26)15-24-22(18-8-4-3-5-9-18)19-10-6-7-13-23-19/h3-14,22,24H,15H2,1-2H3,(H,25,26). The molecule has 132 valence electrons. The number of amides is 1. The van der Waals surface area contributed by atoms with Gasteiger partial charge in [0.2, 0.25) is 5.91 Å². The molecule has 4 heteroatoms. The fourth-order valence-corrected chi connectivity index (χ4v) is 2.85. The highest BCUT2D eigenvalue weighted by molar-refractivity contribution is 5.93. The van der Waals surface area contributed by atoms with Crippen molar-refractivity contribution in [2.75, 3.05) is 11.9 Å². The van der Waals surface area contributed by atoms with Crippen molar-refractivity contribution in [1.29, 1.82) is 0 Å². The van der Waals surface area contributed by atoms with Gasteiger partial charge in [0.15, 0.2) is 0 Å². The molecule has 1 amide bonds. The van der Waals surface area contributed by atoms with Gasteiger partial charge in [0.25, 0.3) is 0 Å². The maximum Gasteiger partial charge on any atom is 0.238 e. The topological polar surface area (TPSA) is 54.0 Å². The highest BCUT2D eigenvalue weighted by Crippen LogP contribution is 2.20. The number of carbonyl (C=O) groups is 1. The van der Waals surface area contributed by atoms with Crippen LogP contribution in [0.4, 0.5) is 5.69 Å².